The number of amides is 1. The summed E-state index contributed by atoms with van der Waals surface area (Å²) in [6.07, 6.45) is 0.762. The number of hydrogen-bond acceptors (Lipinski definition) is 6. The molecular weight excluding hydrogens is 324 g/mol. The lowest BCUT2D eigenvalue weighted by molar-refractivity contribution is 0.149. The third kappa shape index (κ3) is 3.78. The van der Waals surface area contributed by atoms with E-state index in [-0.39, 0.29) is 13.2 Å². The van der Waals surface area contributed by atoms with Crippen LogP contribution in [0, 0.1) is 0 Å². The lowest BCUT2D eigenvalue weighted by Crippen LogP contribution is -2.13. The predicted octanol–water partition coefficient (Wildman–Crippen LogP) is 2.73. The number of hydrogen-bond donors (Lipinski definition) is 2. The second kappa shape index (κ2) is 7.33. The molecule has 2 heterocycles. The van der Waals surface area contributed by atoms with Crippen LogP contribution in [0.25, 0.3) is 22.1 Å². The summed E-state index contributed by atoms with van der Waals surface area (Å²) in [5.41, 5.74) is 8.64. The van der Waals surface area contributed by atoms with E-state index in [1.165, 1.54) is 0 Å². The van der Waals surface area contributed by atoms with Crippen LogP contribution in [0.5, 0.6) is 0 Å². The van der Waals surface area contributed by atoms with Crippen molar-refractivity contribution in [2.75, 3.05) is 7.11 Å². The molecule has 3 N–H and O–H groups in total. The van der Waals surface area contributed by atoms with E-state index in [2.05, 4.69) is 4.98 Å². The molecule has 25 heavy (non-hydrogen) atoms. The highest BCUT2D eigenvalue weighted by Gasteiger charge is 2.13. The number of aromatic nitrogens is 1. The van der Waals surface area contributed by atoms with E-state index in [0.717, 1.165) is 22.1 Å². The number of rotatable bonds is 6. The molecule has 3 aromatic rings. The van der Waals surface area contributed by atoms with E-state index in [1.54, 1.807) is 19.4 Å². The van der Waals surface area contributed by atoms with Gasteiger partial charge in [-0.1, -0.05) is 0 Å². The van der Waals surface area contributed by atoms with Gasteiger partial charge < -0.3 is 24.7 Å². The van der Waals surface area contributed by atoms with Crippen LogP contribution in [-0.2, 0) is 29.3 Å². The van der Waals surface area contributed by atoms with Crippen molar-refractivity contribution in [2.45, 2.75) is 19.8 Å². The van der Waals surface area contributed by atoms with E-state index in [0.29, 0.717) is 23.6 Å². The molecule has 0 bridgehead atoms. The molecule has 0 unspecified atom stereocenters. The zero-order chi connectivity index (χ0) is 17.8. The number of ether oxygens (including phenoxy) is 2. The largest absolute Gasteiger partial charge is 0.458 e. The Hall–Kier alpha value is -2.90. The monoisotopic (exact) mass is 342 g/mol. The van der Waals surface area contributed by atoms with Crippen LogP contribution in [0.15, 0.2) is 40.9 Å². The van der Waals surface area contributed by atoms with Gasteiger partial charge in [-0.15, -0.1) is 0 Å². The number of pyridine rings is 1. The number of aliphatic hydroxyl groups is 1. The minimum absolute atomic E-state index is 0.0148. The lowest BCUT2D eigenvalue weighted by atomic mass is 10.0. The second-order valence-corrected chi connectivity index (χ2v) is 5.51. The summed E-state index contributed by atoms with van der Waals surface area (Å²) < 4.78 is 15.8. The van der Waals surface area contributed by atoms with Crippen molar-refractivity contribution in [3.63, 3.8) is 0 Å². The Bertz CT molecular complexity index is 904. The van der Waals surface area contributed by atoms with E-state index < -0.39 is 6.09 Å². The van der Waals surface area contributed by atoms with Gasteiger partial charge >= 0.3 is 6.09 Å². The predicted molar refractivity (Wildman–Crippen MR) is 90.5 cm³/mol. The summed E-state index contributed by atoms with van der Waals surface area (Å²) in [5, 5.41) is 10.4. The Labute approximate surface area is 144 Å². The summed E-state index contributed by atoms with van der Waals surface area (Å²) in [6.45, 7) is 0.256. The van der Waals surface area contributed by atoms with E-state index in [4.69, 9.17) is 19.6 Å². The summed E-state index contributed by atoms with van der Waals surface area (Å²) >= 11 is 0. The molecule has 1 amide bonds. The molecule has 7 nitrogen and oxygen atoms in total. The van der Waals surface area contributed by atoms with Gasteiger partial charge in [0.25, 0.3) is 0 Å². The minimum atomic E-state index is -0.855. The molecule has 0 aliphatic carbocycles. The second-order valence-electron chi connectivity index (χ2n) is 5.51. The minimum Gasteiger partial charge on any atom is -0.458 e. The first-order chi connectivity index (χ1) is 12.1. The quantitative estimate of drug-likeness (QED) is 0.713. The number of carbonyl (C=O) groups excluding carboxylic acids is 1. The number of nitrogens with zero attached hydrogens (tertiary/aromatic N) is 1. The highest BCUT2D eigenvalue weighted by atomic mass is 16.5. The Morgan fingerprint density at radius 1 is 1.28 bits per heavy atom. The van der Waals surface area contributed by atoms with Crippen molar-refractivity contribution < 1.29 is 23.8 Å². The first-order valence-electron chi connectivity index (χ1n) is 7.63. The maximum Gasteiger partial charge on any atom is 0.404 e. The Balaban J connectivity index is 2.07. The van der Waals surface area contributed by atoms with E-state index in [1.807, 2.05) is 24.3 Å². The molecule has 0 radical (unpaired) electrons. The van der Waals surface area contributed by atoms with Crippen molar-refractivity contribution in [3.8, 4) is 11.1 Å². The van der Waals surface area contributed by atoms with Crippen molar-refractivity contribution in [3.05, 3.63) is 53.5 Å². The molecule has 0 fully saturated rings. The molecule has 0 aliphatic rings. The van der Waals surface area contributed by atoms with Crippen molar-refractivity contribution in [1.82, 2.24) is 4.98 Å². The Morgan fingerprint density at radius 3 is 2.84 bits per heavy atom. The lowest BCUT2D eigenvalue weighted by Gasteiger charge is -2.08. The number of nitrogens with two attached hydrogens (primary N) is 1. The Kier molecular flexibility index (Phi) is 4.97. The SMILES string of the molecule is COCc1cc2cc(CO)cc(-c3ccnc(COC(N)=O)c3)c2o1. The van der Waals surface area contributed by atoms with Crippen LogP contribution in [-0.4, -0.2) is 23.3 Å². The number of furan rings is 1. The summed E-state index contributed by atoms with van der Waals surface area (Å²) in [6, 6.07) is 9.23. The van der Waals surface area contributed by atoms with E-state index in [9.17, 15) is 9.90 Å². The van der Waals surface area contributed by atoms with Crippen LogP contribution in [0.3, 0.4) is 0 Å². The summed E-state index contributed by atoms with van der Waals surface area (Å²) in [4.78, 5) is 14.9. The van der Waals surface area contributed by atoms with Crippen molar-refractivity contribution >= 4 is 17.1 Å². The molecule has 0 atom stereocenters. The van der Waals surface area contributed by atoms with Crippen LogP contribution in [0.2, 0.25) is 0 Å². The topological polar surface area (TPSA) is 108 Å². The fourth-order valence-corrected chi connectivity index (χ4v) is 2.66. The van der Waals surface area contributed by atoms with Gasteiger partial charge in [-0.05, 0) is 41.5 Å². The summed E-state index contributed by atoms with van der Waals surface area (Å²) in [5.74, 6) is 0.695. The fourth-order valence-electron chi connectivity index (χ4n) is 2.66. The number of carbonyl (C=O) groups is 1. The number of aliphatic hydroxyl groups excluding tert-OH is 1. The van der Waals surface area contributed by atoms with E-state index >= 15 is 0 Å². The van der Waals surface area contributed by atoms with Gasteiger partial charge in [-0.25, -0.2) is 4.79 Å². The zero-order valence-corrected chi connectivity index (χ0v) is 13.7. The molecule has 0 saturated carbocycles. The smallest absolute Gasteiger partial charge is 0.404 e. The van der Waals surface area contributed by atoms with Crippen LogP contribution >= 0.6 is 0 Å². The number of methoxy groups -OCH3 is 1. The number of fused-ring (bicyclic) bond motifs is 1. The van der Waals surface area contributed by atoms with Gasteiger partial charge in [0.1, 0.15) is 24.6 Å². The zero-order valence-electron chi connectivity index (χ0n) is 13.7. The number of primary amides is 1. The molecule has 1 aromatic carbocycles. The molecule has 130 valence electrons. The van der Waals surface area contributed by atoms with Gasteiger partial charge in [0.15, 0.2) is 0 Å². The highest BCUT2D eigenvalue weighted by molar-refractivity contribution is 5.93. The average Bonchev–Trinajstić information content (AvgIpc) is 3.02. The Morgan fingerprint density at radius 2 is 2.12 bits per heavy atom. The molecule has 7 heteroatoms. The number of benzene rings is 1. The summed E-state index contributed by atoms with van der Waals surface area (Å²) in [7, 11) is 1.60. The standard InChI is InChI=1S/C18H18N2O5/c1-23-10-15-7-13-4-11(8-21)5-16(17(13)25-15)12-2-3-20-14(6-12)9-24-18(19)22/h2-7,21H,8-10H2,1H3,(H2,19,22). The molecule has 2 aromatic heterocycles. The van der Waals surface area contributed by atoms with Gasteiger partial charge in [-0.3, -0.25) is 4.98 Å². The molecule has 0 aliphatic heterocycles. The molecule has 0 saturated heterocycles. The maximum atomic E-state index is 10.8. The highest BCUT2D eigenvalue weighted by Crippen LogP contribution is 2.33. The maximum absolute atomic E-state index is 10.8. The van der Waals surface area contributed by atoms with Gasteiger partial charge in [0, 0.05) is 24.3 Å². The van der Waals surface area contributed by atoms with Gasteiger partial charge in [0.2, 0.25) is 0 Å². The van der Waals surface area contributed by atoms with Crippen LogP contribution < -0.4 is 5.73 Å². The third-order valence-corrected chi connectivity index (χ3v) is 3.69. The van der Waals surface area contributed by atoms with Crippen molar-refractivity contribution in [2.24, 2.45) is 5.73 Å². The molecule has 3 rings (SSSR count). The average molecular weight is 342 g/mol. The third-order valence-electron chi connectivity index (χ3n) is 3.69. The first kappa shape index (κ1) is 16.9. The fraction of sp³-hybridized carbons (Fsp3) is 0.222. The first-order valence-corrected chi connectivity index (χ1v) is 7.63. The van der Waals surface area contributed by atoms with Gasteiger partial charge in [0.05, 0.1) is 12.3 Å². The van der Waals surface area contributed by atoms with Crippen LogP contribution in [0.1, 0.15) is 17.0 Å². The van der Waals surface area contributed by atoms with Gasteiger partial charge in [-0.2, -0.15) is 0 Å². The normalized spacial score (nSPS) is 11.0. The van der Waals surface area contributed by atoms with Crippen LogP contribution in [0.4, 0.5) is 4.79 Å². The molecular formula is C18H18N2O5. The molecule has 0 spiro atoms. The van der Waals surface area contributed by atoms with Crippen molar-refractivity contribution in [1.29, 1.82) is 0 Å².